The van der Waals surface area contributed by atoms with Crippen molar-refractivity contribution in [3.8, 4) is 0 Å². The molecule has 0 aromatic heterocycles. The molecule has 1 unspecified atom stereocenters. The van der Waals surface area contributed by atoms with E-state index in [1.807, 2.05) is 6.26 Å². The van der Waals surface area contributed by atoms with Crippen LogP contribution in [0.1, 0.15) is 201 Å². The van der Waals surface area contributed by atoms with Crippen molar-refractivity contribution in [3.05, 3.63) is 60.6 Å². The lowest BCUT2D eigenvalue weighted by Gasteiger charge is -2.29. The highest BCUT2D eigenvalue weighted by molar-refractivity contribution is 4.98. The summed E-state index contributed by atoms with van der Waals surface area (Å²) < 4.78 is 13.0. The first-order chi connectivity index (χ1) is 23.5. The zero-order valence-electron chi connectivity index (χ0n) is 32.8. The van der Waals surface area contributed by atoms with Crippen LogP contribution in [0.5, 0.6) is 0 Å². The Kier molecular flexibility index (Phi) is 29.9. The molecule has 0 saturated heterocycles. The second-order valence-electron chi connectivity index (χ2n) is 14.7. The molecule has 1 rings (SSSR count). The fourth-order valence-electron chi connectivity index (χ4n) is 6.29. The molecule has 0 radical (unpaired) electrons. The normalized spacial score (nSPS) is 15.4. The van der Waals surface area contributed by atoms with Crippen LogP contribution in [0, 0.1) is 0 Å². The van der Waals surface area contributed by atoms with Crippen LogP contribution in [0.4, 0.5) is 0 Å². The first-order valence-corrected chi connectivity index (χ1v) is 20.8. The smallest absolute Gasteiger partial charge is 0.250 e. The van der Waals surface area contributed by atoms with Gasteiger partial charge in [-0.1, -0.05) is 140 Å². The van der Waals surface area contributed by atoms with Gasteiger partial charge in [0.2, 0.25) is 5.79 Å². The van der Waals surface area contributed by atoms with E-state index in [1.54, 1.807) is 0 Å². The van der Waals surface area contributed by atoms with Crippen molar-refractivity contribution in [3.63, 3.8) is 0 Å². The van der Waals surface area contributed by atoms with Crippen LogP contribution in [-0.2, 0) is 9.47 Å². The van der Waals surface area contributed by atoms with Crippen molar-refractivity contribution in [2.45, 2.75) is 212 Å². The summed E-state index contributed by atoms with van der Waals surface area (Å²) in [7, 11) is 4.32. The van der Waals surface area contributed by atoms with Gasteiger partial charge in [0.05, 0.1) is 0 Å². The standard InChI is InChI=1S/C45H81NO2/c1-6-8-10-12-14-16-18-20-22-24-26-28-30-32-34-36-40-45(47-42-44(48-45)39-38-43(3)46(4)5)41-37-35-33-31-29-27-25-23-21-19-17-15-13-11-9-7-2/h14-17,20-23,42-43H,6-13,18-19,24-41H2,1-5H3/b16-14-,17-15-,22-20-,23-21-. The molecule has 1 atom stereocenters. The quantitative estimate of drug-likeness (QED) is 0.0503. The zero-order valence-corrected chi connectivity index (χ0v) is 32.8. The van der Waals surface area contributed by atoms with Crippen LogP contribution >= 0.6 is 0 Å². The fourth-order valence-corrected chi connectivity index (χ4v) is 6.29. The second-order valence-corrected chi connectivity index (χ2v) is 14.7. The fraction of sp³-hybridized carbons (Fsp3) is 0.778. The molecule has 0 amide bonds. The Hall–Kier alpha value is -1.74. The molecule has 0 aromatic rings. The van der Waals surface area contributed by atoms with Gasteiger partial charge in [0.15, 0.2) is 0 Å². The third kappa shape index (κ3) is 26.2. The Morgan fingerprint density at radius 1 is 0.562 bits per heavy atom. The van der Waals surface area contributed by atoms with Crippen LogP contribution < -0.4 is 0 Å². The lowest BCUT2D eigenvalue weighted by Crippen LogP contribution is -2.31. The van der Waals surface area contributed by atoms with Crippen molar-refractivity contribution in [2.75, 3.05) is 14.1 Å². The van der Waals surface area contributed by atoms with Crippen molar-refractivity contribution in [1.82, 2.24) is 4.90 Å². The van der Waals surface area contributed by atoms with E-state index >= 15 is 0 Å². The summed E-state index contributed by atoms with van der Waals surface area (Å²) in [5.74, 6) is 0.644. The lowest BCUT2D eigenvalue weighted by atomic mass is 9.98. The Morgan fingerprint density at radius 2 is 0.958 bits per heavy atom. The van der Waals surface area contributed by atoms with E-state index < -0.39 is 5.79 Å². The summed E-state index contributed by atoms with van der Waals surface area (Å²) in [6, 6.07) is 0.546. The summed E-state index contributed by atoms with van der Waals surface area (Å²) in [4.78, 5) is 2.29. The summed E-state index contributed by atoms with van der Waals surface area (Å²) >= 11 is 0. The number of unbranched alkanes of at least 4 members (excludes halogenated alkanes) is 18. The molecular formula is C45H81NO2. The van der Waals surface area contributed by atoms with Crippen LogP contribution in [0.3, 0.4) is 0 Å². The maximum absolute atomic E-state index is 6.62. The van der Waals surface area contributed by atoms with Crippen LogP contribution in [0.25, 0.3) is 0 Å². The van der Waals surface area contributed by atoms with Crippen molar-refractivity contribution < 1.29 is 9.47 Å². The van der Waals surface area contributed by atoms with Crippen molar-refractivity contribution >= 4 is 0 Å². The number of ether oxygens (including phenoxy) is 2. The van der Waals surface area contributed by atoms with Gasteiger partial charge in [0, 0.05) is 25.3 Å². The predicted octanol–water partition coefficient (Wildman–Crippen LogP) is 14.7. The minimum atomic E-state index is -0.416. The molecule has 0 saturated carbocycles. The van der Waals surface area contributed by atoms with E-state index in [0.717, 1.165) is 44.3 Å². The van der Waals surface area contributed by atoms with E-state index in [-0.39, 0.29) is 0 Å². The lowest BCUT2D eigenvalue weighted by molar-refractivity contribution is -0.161. The van der Waals surface area contributed by atoms with E-state index in [0.29, 0.717) is 6.04 Å². The van der Waals surface area contributed by atoms with Gasteiger partial charge in [-0.15, -0.1) is 0 Å². The van der Waals surface area contributed by atoms with Gasteiger partial charge in [0.1, 0.15) is 12.0 Å². The average molecular weight is 668 g/mol. The van der Waals surface area contributed by atoms with Crippen LogP contribution in [0.15, 0.2) is 60.6 Å². The molecule has 0 N–H and O–H groups in total. The van der Waals surface area contributed by atoms with Crippen molar-refractivity contribution in [1.29, 1.82) is 0 Å². The van der Waals surface area contributed by atoms with E-state index in [2.05, 4.69) is 88.4 Å². The summed E-state index contributed by atoms with van der Waals surface area (Å²) in [5, 5.41) is 0. The molecule has 3 heteroatoms. The number of nitrogens with zero attached hydrogens (tertiary/aromatic N) is 1. The molecule has 0 aliphatic carbocycles. The largest absolute Gasteiger partial charge is 0.456 e. The zero-order chi connectivity index (χ0) is 34.8. The molecule has 3 nitrogen and oxygen atoms in total. The molecule has 0 bridgehead atoms. The number of allylic oxidation sites excluding steroid dienone is 9. The second kappa shape index (κ2) is 32.5. The van der Waals surface area contributed by atoms with Crippen molar-refractivity contribution in [2.24, 2.45) is 0 Å². The Balaban J connectivity index is 2.23. The highest BCUT2D eigenvalue weighted by Crippen LogP contribution is 2.37. The topological polar surface area (TPSA) is 21.7 Å². The third-order valence-corrected chi connectivity index (χ3v) is 9.93. The summed E-state index contributed by atoms with van der Waals surface area (Å²) in [5.41, 5.74) is 0. The molecule has 278 valence electrons. The minimum Gasteiger partial charge on any atom is -0.456 e. The third-order valence-electron chi connectivity index (χ3n) is 9.93. The van der Waals surface area contributed by atoms with E-state index in [9.17, 15) is 0 Å². The highest BCUT2D eigenvalue weighted by Gasteiger charge is 2.37. The van der Waals surface area contributed by atoms with Gasteiger partial charge >= 0.3 is 0 Å². The minimum absolute atomic E-state index is 0.416. The summed E-state index contributed by atoms with van der Waals surface area (Å²) in [6.07, 6.45) is 55.6. The monoisotopic (exact) mass is 668 g/mol. The molecule has 0 aromatic carbocycles. The van der Waals surface area contributed by atoms with Crippen LogP contribution in [-0.4, -0.2) is 30.8 Å². The molecular weight excluding hydrogens is 587 g/mol. The molecule has 0 spiro atoms. The average Bonchev–Trinajstić information content (AvgIpc) is 3.49. The number of rotatable bonds is 34. The van der Waals surface area contributed by atoms with Gasteiger partial charge in [-0.25, -0.2) is 0 Å². The SMILES string of the molecule is CCCCC/C=C\C/C=C\CCCCCCCCC1(CCCCCCCC/C=C\C/C=C\CCCCC)OC=C(CCC(C)N(C)C)O1. The van der Waals surface area contributed by atoms with Gasteiger partial charge in [-0.3, -0.25) is 0 Å². The molecule has 1 heterocycles. The number of hydrogen-bond acceptors (Lipinski definition) is 3. The van der Waals surface area contributed by atoms with E-state index in [1.165, 1.54) is 141 Å². The van der Waals surface area contributed by atoms with Gasteiger partial charge in [-0.05, 0) is 104 Å². The summed E-state index contributed by atoms with van der Waals surface area (Å²) in [6.45, 7) is 6.83. The van der Waals surface area contributed by atoms with Crippen LogP contribution in [0.2, 0.25) is 0 Å². The molecule has 1 aliphatic heterocycles. The predicted molar refractivity (Wildman–Crippen MR) is 213 cm³/mol. The molecule has 48 heavy (non-hydrogen) atoms. The molecule has 0 fully saturated rings. The highest BCUT2D eigenvalue weighted by atomic mass is 16.7. The first-order valence-electron chi connectivity index (χ1n) is 20.8. The Morgan fingerprint density at radius 3 is 1.38 bits per heavy atom. The maximum atomic E-state index is 6.62. The first kappa shape index (κ1) is 44.3. The van der Waals surface area contributed by atoms with E-state index in [4.69, 9.17) is 9.47 Å². The molecule has 1 aliphatic rings. The maximum Gasteiger partial charge on any atom is 0.250 e. The van der Waals surface area contributed by atoms with Gasteiger partial charge < -0.3 is 14.4 Å². The Labute approximate surface area is 300 Å². The van der Waals surface area contributed by atoms with Gasteiger partial charge in [0.25, 0.3) is 0 Å². The Bertz CT molecular complexity index is 803. The van der Waals surface area contributed by atoms with Gasteiger partial charge in [-0.2, -0.15) is 0 Å². The number of hydrogen-bond donors (Lipinski definition) is 0.